The van der Waals surface area contributed by atoms with Gasteiger partial charge in [-0.2, -0.15) is 0 Å². The molecule has 2 N–H and O–H groups in total. The van der Waals surface area contributed by atoms with Crippen LogP contribution in [0.4, 0.5) is 4.79 Å². The fourth-order valence-electron chi connectivity index (χ4n) is 1.47. The molecular weight excluding hydrogens is 250 g/mol. The lowest BCUT2D eigenvalue weighted by atomic mass is 10.1. The highest BCUT2D eigenvalue weighted by Gasteiger charge is 2.28. The fraction of sp³-hybridized carbons (Fsp3) is 0.636. The van der Waals surface area contributed by atoms with E-state index in [-0.39, 0.29) is 13.1 Å². The minimum atomic E-state index is -1.05. The minimum absolute atomic E-state index is 0.196. The Morgan fingerprint density at radius 1 is 1.47 bits per heavy atom. The number of nitrogens with zero attached hydrogens (tertiary/aromatic N) is 4. The van der Waals surface area contributed by atoms with Crippen LogP contribution in [0.15, 0.2) is 6.33 Å². The number of carbonyl (C=O) groups is 2. The van der Waals surface area contributed by atoms with E-state index in [4.69, 9.17) is 5.11 Å². The lowest BCUT2D eigenvalue weighted by Gasteiger charge is -2.34. The Labute approximate surface area is 111 Å². The second-order valence-corrected chi connectivity index (χ2v) is 5.17. The Morgan fingerprint density at radius 3 is 2.53 bits per heavy atom. The average Bonchev–Trinajstić information content (AvgIpc) is 2.67. The second-order valence-electron chi connectivity index (χ2n) is 5.17. The second kappa shape index (κ2) is 5.68. The molecule has 0 radical (unpaired) electrons. The summed E-state index contributed by atoms with van der Waals surface area (Å²) in [4.78, 5) is 24.1. The normalized spacial score (nSPS) is 11.2. The minimum Gasteiger partial charge on any atom is -0.480 e. The van der Waals surface area contributed by atoms with Gasteiger partial charge in [0.1, 0.15) is 12.9 Å². The molecule has 0 spiro atoms. The van der Waals surface area contributed by atoms with Gasteiger partial charge < -0.3 is 19.9 Å². The van der Waals surface area contributed by atoms with E-state index < -0.39 is 17.5 Å². The average molecular weight is 269 g/mol. The molecule has 0 aromatic carbocycles. The Bertz CT molecular complexity index is 463. The van der Waals surface area contributed by atoms with E-state index in [1.165, 1.54) is 11.2 Å². The van der Waals surface area contributed by atoms with E-state index in [0.717, 1.165) is 0 Å². The molecule has 0 fully saturated rings. The smallest absolute Gasteiger partial charge is 0.323 e. The number of aryl methyl sites for hydroxylation is 1. The van der Waals surface area contributed by atoms with Gasteiger partial charge >= 0.3 is 12.0 Å². The summed E-state index contributed by atoms with van der Waals surface area (Å²) in [6.45, 7) is 5.17. The third-order valence-corrected chi connectivity index (χ3v) is 2.55. The molecule has 8 nitrogen and oxygen atoms in total. The standard InChI is InChI=1S/C11H19N5O3/c1-11(2,3)16(6-9(17)18)10(19)12-5-8-14-13-7-15(8)4/h7H,5-6H2,1-4H3,(H,12,19)(H,17,18). The molecule has 1 aromatic rings. The quantitative estimate of drug-likeness (QED) is 0.813. The van der Waals surface area contributed by atoms with Crippen LogP contribution >= 0.6 is 0 Å². The third-order valence-electron chi connectivity index (χ3n) is 2.55. The lowest BCUT2D eigenvalue weighted by molar-refractivity contribution is -0.138. The predicted octanol–water partition coefficient (Wildman–Crippen LogP) is 0.210. The summed E-state index contributed by atoms with van der Waals surface area (Å²) >= 11 is 0. The Balaban J connectivity index is 2.67. The van der Waals surface area contributed by atoms with Crippen molar-refractivity contribution in [1.29, 1.82) is 0 Å². The van der Waals surface area contributed by atoms with E-state index in [0.29, 0.717) is 5.82 Å². The predicted molar refractivity (Wildman–Crippen MR) is 67.3 cm³/mol. The van der Waals surface area contributed by atoms with Crippen LogP contribution in [0.5, 0.6) is 0 Å². The van der Waals surface area contributed by atoms with Crippen LogP contribution in [0, 0.1) is 0 Å². The number of urea groups is 1. The van der Waals surface area contributed by atoms with Gasteiger partial charge in [0.05, 0.1) is 6.54 Å². The van der Waals surface area contributed by atoms with Gasteiger partial charge in [0.15, 0.2) is 5.82 Å². The molecule has 0 aliphatic carbocycles. The van der Waals surface area contributed by atoms with E-state index >= 15 is 0 Å². The molecule has 1 rings (SSSR count). The molecule has 0 aliphatic heterocycles. The molecule has 106 valence electrons. The fourth-order valence-corrected chi connectivity index (χ4v) is 1.47. The number of hydrogen-bond donors (Lipinski definition) is 2. The largest absolute Gasteiger partial charge is 0.480 e. The summed E-state index contributed by atoms with van der Waals surface area (Å²) in [5, 5.41) is 19.0. The van der Waals surface area contributed by atoms with Gasteiger partial charge in [0.2, 0.25) is 0 Å². The van der Waals surface area contributed by atoms with Crippen LogP contribution in [-0.4, -0.2) is 48.9 Å². The van der Waals surface area contributed by atoms with Crippen LogP contribution < -0.4 is 5.32 Å². The Kier molecular flexibility index (Phi) is 4.47. The maximum atomic E-state index is 12.0. The van der Waals surface area contributed by atoms with Crippen LogP contribution in [-0.2, 0) is 18.4 Å². The first-order chi connectivity index (χ1) is 8.71. The third kappa shape index (κ3) is 4.23. The maximum absolute atomic E-state index is 12.0. The molecule has 1 aromatic heterocycles. The number of aliphatic carboxylic acids is 1. The van der Waals surface area contributed by atoms with Gasteiger partial charge in [-0.05, 0) is 20.8 Å². The van der Waals surface area contributed by atoms with Crippen molar-refractivity contribution in [2.24, 2.45) is 7.05 Å². The van der Waals surface area contributed by atoms with Crippen molar-refractivity contribution in [2.45, 2.75) is 32.9 Å². The van der Waals surface area contributed by atoms with E-state index in [1.807, 2.05) is 0 Å². The number of amides is 2. The Morgan fingerprint density at radius 2 is 2.11 bits per heavy atom. The van der Waals surface area contributed by atoms with Crippen molar-refractivity contribution in [1.82, 2.24) is 25.0 Å². The maximum Gasteiger partial charge on any atom is 0.323 e. The zero-order chi connectivity index (χ0) is 14.6. The van der Waals surface area contributed by atoms with Gasteiger partial charge in [-0.15, -0.1) is 10.2 Å². The van der Waals surface area contributed by atoms with Crippen LogP contribution in [0.25, 0.3) is 0 Å². The molecule has 19 heavy (non-hydrogen) atoms. The molecule has 0 atom stereocenters. The highest BCUT2D eigenvalue weighted by molar-refractivity contribution is 5.80. The zero-order valence-electron chi connectivity index (χ0n) is 11.5. The van der Waals surface area contributed by atoms with Gasteiger partial charge in [-0.25, -0.2) is 4.79 Å². The molecule has 8 heteroatoms. The summed E-state index contributed by atoms with van der Waals surface area (Å²) in [6.07, 6.45) is 1.53. The summed E-state index contributed by atoms with van der Waals surface area (Å²) in [6, 6.07) is -0.446. The van der Waals surface area contributed by atoms with Crippen molar-refractivity contribution in [3.05, 3.63) is 12.2 Å². The van der Waals surface area contributed by atoms with Crippen molar-refractivity contribution in [2.75, 3.05) is 6.54 Å². The molecule has 0 aliphatic rings. The summed E-state index contributed by atoms with van der Waals surface area (Å²) < 4.78 is 1.68. The first kappa shape index (κ1) is 14.9. The molecule has 1 heterocycles. The topological polar surface area (TPSA) is 100 Å². The molecule has 0 saturated carbocycles. The number of carboxylic acids is 1. The monoisotopic (exact) mass is 269 g/mol. The summed E-state index contributed by atoms with van der Waals surface area (Å²) in [5.41, 5.74) is -0.581. The molecule has 2 amide bonds. The highest BCUT2D eigenvalue weighted by atomic mass is 16.4. The van der Waals surface area contributed by atoms with Crippen LogP contribution in [0.2, 0.25) is 0 Å². The van der Waals surface area contributed by atoms with Gasteiger partial charge in [0.25, 0.3) is 0 Å². The number of nitrogens with one attached hydrogen (secondary N) is 1. The summed E-state index contributed by atoms with van der Waals surface area (Å²) in [5.74, 6) is -0.457. The first-order valence-corrected chi connectivity index (χ1v) is 5.82. The molecule has 0 saturated heterocycles. The van der Waals surface area contributed by atoms with Gasteiger partial charge in [-0.3, -0.25) is 4.79 Å². The van der Waals surface area contributed by atoms with E-state index in [9.17, 15) is 9.59 Å². The molecular formula is C11H19N5O3. The van der Waals surface area contributed by atoms with Crippen molar-refractivity contribution in [3.8, 4) is 0 Å². The first-order valence-electron chi connectivity index (χ1n) is 5.82. The van der Waals surface area contributed by atoms with Crippen molar-refractivity contribution < 1.29 is 14.7 Å². The Hall–Kier alpha value is -2.12. The summed E-state index contributed by atoms with van der Waals surface area (Å²) in [7, 11) is 1.76. The zero-order valence-corrected chi connectivity index (χ0v) is 11.5. The highest BCUT2D eigenvalue weighted by Crippen LogP contribution is 2.13. The van der Waals surface area contributed by atoms with Crippen LogP contribution in [0.1, 0.15) is 26.6 Å². The lowest BCUT2D eigenvalue weighted by Crippen LogP contribution is -2.52. The van der Waals surface area contributed by atoms with Crippen molar-refractivity contribution >= 4 is 12.0 Å². The van der Waals surface area contributed by atoms with Crippen LogP contribution in [0.3, 0.4) is 0 Å². The SMILES string of the molecule is Cn1cnnc1CNC(=O)N(CC(=O)O)C(C)(C)C. The number of rotatable bonds is 4. The number of carboxylic acid groups (broad SMARTS) is 1. The van der Waals surface area contributed by atoms with Crippen molar-refractivity contribution in [3.63, 3.8) is 0 Å². The molecule has 0 unspecified atom stereocenters. The number of hydrogen-bond acceptors (Lipinski definition) is 4. The van der Waals surface area contributed by atoms with E-state index in [2.05, 4.69) is 15.5 Å². The van der Waals surface area contributed by atoms with E-state index in [1.54, 1.807) is 32.4 Å². The number of carbonyl (C=O) groups excluding carboxylic acids is 1. The van der Waals surface area contributed by atoms with Gasteiger partial charge in [0, 0.05) is 12.6 Å². The molecule has 0 bridgehead atoms. The number of aromatic nitrogens is 3. The van der Waals surface area contributed by atoms with Gasteiger partial charge in [-0.1, -0.05) is 0 Å².